The number of aldehydes is 1. The monoisotopic (exact) mass is 280 g/mol. The van der Waals surface area contributed by atoms with Crippen LogP contribution in [0, 0.1) is 0 Å². The normalized spacial score (nSPS) is 9.90. The summed E-state index contributed by atoms with van der Waals surface area (Å²) in [6, 6.07) is 10.6. The summed E-state index contributed by atoms with van der Waals surface area (Å²) in [4.78, 5) is 17.7. The maximum absolute atomic E-state index is 12.2. The topological polar surface area (TPSA) is 44.8 Å². The van der Waals surface area contributed by atoms with E-state index in [2.05, 4.69) is 9.88 Å². The van der Waals surface area contributed by atoms with E-state index < -0.39 is 11.5 Å². The van der Waals surface area contributed by atoms with Crippen LogP contribution in [0.15, 0.2) is 42.5 Å². The molecule has 2 rings (SSSR count). The molecule has 2 aromatic rings. The third-order valence-electron chi connectivity index (χ3n) is 2.66. The van der Waals surface area contributed by atoms with Crippen LogP contribution in [0.4, 0.5) is 9.05 Å². The minimum Gasteiger partial charge on any atom is -0.489 e. The zero-order valence-corrected chi connectivity index (χ0v) is 10.2. The van der Waals surface area contributed by atoms with Gasteiger partial charge >= 0.3 is 0 Å². The van der Waals surface area contributed by atoms with Gasteiger partial charge in [-0.3, -0.25) is 14.7 Å². The van der Waals surface area contributed by atoms with Crippen LogP contribution in [0.2, 0.25) is 0 Å². The van der Waals surface area contributed by atoms with Crippen molar-refractivity contribution in [3.63, 3.8) is 0 Å². The average Bonchev–Trinajstić information content (AvgIpc) is 2.52. The summed E-state index contributed by atoms with van der Waals surface area (Å²) in [5.41, 5.74) is 1.18. The van der Waals surface area contributed by atoms with Crippen molar-refractivity contribution in [3.05, 3.63) is 53.6 Å². The lowest BCUT2D eigenvalue weighted by Crippen LogP contribution is -1.99. The molecule has 0 heterocycles. The summed E-state index contributed by atoms with van der Waals surface area (Å²) < 4.78 is 29.6. The SMILES string of the molecule is O=Cc1ccccc1COc1ccc(OF)c(OF)c1. The van der Waals surface area contributed by atoms with Gasteiger partial charge in [0.15, 0.2) is 0 Å². The molecule has 0 aromatic heterocycles. The number of hydrogen-bond donors (Lipinski definition) is 0. The van der Waals surface area contributed by atoms with Gasteiger partial charge in [0.05, 0.1) is 0 Å². The Hall–Kier alpha value is -2.63. The summed E-state index contributed by atoms with van der Waals surface area (Å²) in [7, 11) is 0. The highest BCUT2D eigenvalue weighted by Gasteiger charge is 2.10. The molecule has 0 aliphatic rings. The maximum atomic E-state index is 12.2. The van der Waals surface area contributed by atoms with Gasteiger partial charge in [0.2, 0.25) is 11.5 Å². The molecule has 104 valence electrons. The molecular formula is C14H10F2O4. The van der Waals surface area contributed by atoms with Crippen LogP contribution in [0.25, 0.3) is 0 Å². The third kappa shape index (κ3) is 3.03. The van der Waals surface area contributed by atoms with Crippen LogP contribution in [0.3, 0.4) is 0 Å². The average molecular weight is 280 g/mol. The first-order chi connectivity index (χ1) is 9.78. The molecule has 0 saturated heterocycles. The van der Waals surface area contributed by atoms with Crippen LogP contribution in [-0.4, -0.2) is 6.29 Å². The van der Waals surface area contributed by atoms with Crippen molar-refractivity contribution in [1.82, 2.24) is 0 Å². The number of carbonyl (C=O) groups is 1. The minimum absolute atomic E-state index is 0.108. The quantitative estimate of drug-likeness (QED) is 0.758. The van der Waals surface area contributed by atoms with Crippen LogP contribution in [-0.2, 0) is 6.61 Å². The summed E-state index contributed by atoms with van der Waals surface area (Å²) >= 11 is 0. The Kier molecular flexibility index (Phi) is 4.49. The lowest BCUT2D eigenvalue weighted by atomic mass is 10.1. The van der Waals surface area contributed by atoms with Crippen LogP contribution < -0.4 is 14.6 Å². The van der Waals surface area contributed by atoms with Crippen molar-refractivity contribution in [1.29, 1.82) is 0 Å². The number of halogens is 2. The second-order valence-electron chi connectivity index (χ2n) is 3.87. The van der Waals surface area contributed by atoms with Crippen molar-refractivity contribution in [3.8, 4) is 17.2 Å². The molecule has 0 atom stereocenters. The van der Waals surface area contributed by atoms with Crippen LogP contribution in [0.5, 0.6) is 17.2 Å². The first kappa shape index (κ1) is 13.8. The molecule has 0 aliphatic carbocycles. The second-order valence-corrected chi connectivity index (χ2v) is 3.87. The zero-order valence-electron chi connectivity index (χ0n) is 10.2. The second kappa shape index (κ2) is 6.51. The molecule has 6 heteroatoms. The Morgan fingerprint density at radius 3 is 2.45 bits per heavy atom. The van der Waals surface area contributed by atoms with Gasteiger partial charge in [-0.15, -0.1) is 0 Å². The molecule has 0 fully saturated rings. The molecule has 0 aliphatic heterocycles. The van der Waals surface area contributed by atoms with E-state index in [9.17, 15) is 13.8 Å². The van der Waals surface area contributed by atoms with Gasteiger partial charge < -0.3 is 4.74 Å². The summed E-state index contributed by atoms with van der Waals surface area (Å²) in [6.07, 6.45) is 0.717. The molecule has 0 N–H and O–H groups in total. The molecule has 0 spiro atoms. The Balaban J connectivity index is 2.13. The van der Waals surface area contributed by atoms with E-state index in [1.165, 1.54) is 6.07 Å². The molecule has 0 unspecified atom stereocenters. The van der Waals surface area contributed by atoms with E-state index in [1.807, 2.05) is 0 Å². The van der Waals surface area contributed by atoms with Gasteiger partial charge in [0.1, 0.15) is 18.6 Å². The number of carbonyl (C=O) groups excluding carboxylic acids is 1. The van der Waals surface area contributed by atoms with E-state index in [1.54, 1.807) is 24.3 Å². The third-order valence-corrected chi connectivity index (χ3v) is 2.66. The van der Waals surface area contributed by atoms with Gasteiger partial charge in [-0.25, -0.2) is 0 Å². The summed E-state index contributed by atoms with van der Waals surface area (Å²) in [5.74, 6) is -0.582. The molecule has 0 saturated carbocycles. The van der Waals surface area contributed by atoms with E-state index >= 15 is 0 Å². The smallest absolute Gasteiger partial charge is 0.221 e. The van der Waals surface area contributed by atoms with Crippen molar-refractivity contribution < 1.29 is 28.5 Å². The summed E-state index contributed by atoms with van der Waals surface area (Å²) in [6.45, 7) is 0.108. The van der Waals surface area contributed by atoms with Crippen molar-refractivity contribution in [2.24, 2.45) is 0 Å². The maximum Gasteiger partial charge on any atom is 0.221 e. The van der Waals surface area contributed by atoms with Crippen molar-refractivity contribution in [2.75, 3.05) is 0 Å². The van der Waals surface area contributed by atoms with Gasteiger partial charge in [0, 0.05) is 20.7 Å². The van der Waals surface area contributed by atoms with Gasteiger partial charge in [-0.05, 0) is 17.7 Å². The number of benzene rings is 2. The van der Waals surface area contributed by atoms with Crippen molar-refractivity contribution in [2.45, 2.75) is 6.61 Å². The number of hydrogen-bond acceptors (Lipinski definition) is 4. The highest BCUT2D eigenvalue weighted by atomic mass is 19.3. The van der Waals surface area contributed by atoms with E-state index in [0.717, 1.165) is 18.4 Å². The van der Waals surface area contributed by atoms with Gasteiger partial charge in [-0.2, -0.15) is 0 Å². The fourth-order valence-electron chi connectivity index (χ4n) is 1.64. The molecule has 2 aromatic carbocycles. The van der Waals surface area contributed by atoms with Crippen LogP contribution >= 0.6 is 0 Å². The summed E-state index contributed by atoms with van der Waals surface area (Å²) in [5, 5.41) is 0. The lowest BCUT2D eigenvalue weighted by molar-refractivity contribution is -0.0389. The molecular weight excluding hydrogens is 270 g/mol. The molecule has 4 nitrogen and oxygen atoms in total. The zero-order chi connectivity index (χ0) is 14.4. The van der Waals surface area contributed by atoms with E-state index in [4.69, 9.17) is 4.74 Å². The standard InChI is InChI=1S/C14H10F2O4/c15-19-13-6-5-12(7-14(13)20-16)18-9-11-4-2-1-3-10(11)8-17/h1-8H,9H2. The van der Waals surface area contributed by atoms with Crippen molar-refractivity contribution >= 4 is 6.29 Å². The van der Waals surface area contributed by atoms with Gasteiger partial charge in [0.25, 0.3) is 0 Å². The Morgan fingerprint density at radius 2 is 1.75 bits per heavy atom. The Labute approximate surface area is 113 Å². The Bertz CT molecular complexity index is 601. The van der Waals surface area contributed by atoms with Gasteiger partial charge in [-0.1, -0.05) is 24.3 Å². The lowest BCUT2D eigenvalue weighted by Gasteiger charge is -2.09. The highest BCUT2D eigenvalue weighted by molar-refractivity contribution is 5.77. The first-order valence-corrected chi connectivity index (χ1v) is 5.65. The number of rotatable bonds is 6. The molecule has 0 amide bonds. The molecule has 0 radical (unpaired) electrons. The largest absolute Gasteiger partial charge is 0.489 e. The first-order valence-electron chi connectivity index (χ1n) is 5.65. The molecule has 0 bridgehead atoms. The fourth-order valence-corrected chi connectivity index (χ4v) is 1.64. The number of ether oxygens (including phenoxy) is 1. The Morgan fingerprint density at radius 1 is 1.00 bits per heavy atom. The molecule has 20 heavy (non-hydrogen) atoms. The predicted octanol–water partition coefficient (Wildman–Crippen LogP) is 3.60. The minimum atomic E-state index is -0.436. The van der Waals surface area contributed by atoms with E-state index in [-0.39, 0.29) is 12.4 Å². The van der Waals surface area contributed by atoms with E-state index in [0.29, 0.717) is 11.1 Å². The highest BCUT2D eigenvalue weighted by Crippen LogP contribution is 2.32. The van der Waals surface area contributed by atoms with Crippen LogP contribution in [0.1, 0.15) is 15.9 Å². The predicted molar refractivity (Wildman–Crippen MR) is 66.1 cm³/mol. The fraction of sp³-hybridized carbons (Fsp3) is 0.0714.